The zero-order chi connectivity index (χ0) is 13.0. The van der Waals surface area contributed by atoms with Crippen molar-refractivity contribution in [1.29, 1.82) is 0 Å². The highest BCUT2D eigenvalue weighted by Gasteiger charge is 2.06. The molecule has 0 atom stereocenters. The first-order chi connectivity index (χ1) is 8.74. The summed E-state index contributed by atoms with van der Waals surface area (Å²) in [4.78, 5) is 8.13. The molecule has 1 aromatic heterocycles. The van der Waals surface area contributed by atoms with Crippen molar-refractivity contribution in [2.45, 2.75) is 0 Å². The van der Waals surface area contributed by atoms with Crippen LogP contribution in [0.4, 0.5) is 23.0 Å². The number of ether oxygens (including phenoxy) is 1. The molecule has 6 nitrogen and oxygen atoms in total. The lowest BCUT2D eigenvalue weighted by Crippen LogP contribution is -2.04. The minimum atomic E-state index is 0.482. The number of methoxy groups -OCH3 is 1. The van der Waals surface area contributed by atoms with E-state index in [4.69, 9.17) is 10.5 Å². The van der Waals surface area contributed by atoms with E-state index in [0.29, 0.717) is 17.3 Å². The highest BCUT2D eigenvalue weighted by molar-refractivity contribution is 5.77. The van der Waals surface area contributed by atoms with Gasteiger partial charge in [0.15, 0.2) is 11.6 Å². The van der Waals surface area contributed by atoms with E-state index >= 15 is 0 Å². The van der Waals surface area contributed by atoms with Crippen molar-refractivity contribution in [2.24, 2.45) is 0 Å². The van der Waals surface area contributed by atoms with E-state index in [1.807, 2.05) is 24.3 Å². The lowest BCUT2D eigenvalue weighted by Gasteiger charge is -2.10. The molecular formula is C12H15N5O. The summed E-state index contributed by atoms with van der Waals surface area (Å²) < 4.78 is 5.09. The van der Waals surface area contributed by atoms with Gasteiger partial charge in [0.25, 0.3) is 0 Å². The number of nitrogens with zero attached hydrogens (tertiary/aromatic N) is 2. The third kappa shape index (κ3) is 2.42. The fourth-order valence-electron chi connectivity index (χ4n) is 1.51. The van der Waals surface area contributed by atoms with Crippen LogP contribution in [0.3, 0.4) is 0 Å². The Morgan fingerprint density at radius 2 is 1.78 bits per heavy atom. The lowest BCUT2D eigenvalue weighted by molar-refractivity contribution is 0.415. The minimum absolute atomic E-state index is 0.482. The molecule has 0 aliphatic heterocycles. The molecule has 0 saturated carbocycles. The van der Waals surface area contributed by atoms with Crippen LogP contribution in [0, 0.1) is 0 Å². The van der Waals surface area contributed by atoms with Crippen molar-refractivity contribution >= 4 is 23.0 Å². The molecule has 1 aromatic carbocycles. The first-order valence-corrected chi connectivity index (χ1v) is 5.44. The zero-order valence-corrected chi connectivity index (χ0v) is 10.3. The molecule has 2 aromatic rings. The predicted octanol–water partition coefficient (Wildman–Crippen LogP) is 1.85. The quantitative estimate of drug-likeness (QED) is 0.762. The monoisotopic (exact) mass is 245 g/mol. The Bertz CT molecular complexity index is 526. The normalized spacial score (nSPS) is 9.89. The molecule has 0 fully saturated rings. The summed E-state index contributed by atoms with van der Waals surface area (Å²) in [5.41, 5.74) is 7.28. The molecule has 18 heavy (non-hydrogen) atoms. The summed E-state index contributed by atoms with van der Waals surface area (Å²) in [6.07, 6.45) is 1.45. The topological polar surface area (TPSA) is 85.1 Å². The molecule has 0 saturated heterocycles. The Kier molecular flexibility index (Phi) is 3.47. The maximum Gasteiger partial charge on any atom is 0.159 e. The Morgan fingerprint density at radius 1 is 1.11 bits per heavy atom. The van der Waals surface area contributed by atoms with Gasteiger partial charge in [0, 0.05) is 12.7 Å². The van der Waals surface area contributed by atoms with Crippen LogP contribution >= 0.6 is 0 Å². The van der Waals surface area contributed by atoms with Crippen molar-refractivity contribution in [3.63, 3.8) is 0 Å². The smallest absolute Gasteiger partial charge is 0.159 e. The number of nitrogens with one attached hydrogen (secondary N) is 2. The standard InChI is InChI=1S/C12H15N5O/c1-14-11-10(13)12(16-7-15-11)17-8-3-5-9(18-2)6-4-8/h3-7H,13H2,1-2H3,(H2,14,15,16,17). The fourth-order valence-corrected chi connectivity index (χ4v) is 1.51. The highest BCUT2D eigenvalue weighted by atomic mass is 16.5. The molecule has 4 N–H and O–H groups in total. The van der Waals surface area contributed by atoms with Crippen molar-refractivity contribution < 1.29 is 4.74 Å². The number of benzene rings is 1. The van der Waals surface area contributed by atoms with Crippen LogP contribution in [-0.2, 0) is 0 Å². The number of nitrogen functional groups attached to an aromatic ring is 1. The average Bonchev–Trinajstić information content (AvgIpc) is 2.42. The molecular weight excluding hydrogens is 230 g/mol. The number of hydrogen-bond donors (Lipinski definition) is 3. The van der Waals surface area contributed by atoms with E-state index in [1.165, 1.54) is 6.33 Å². The first kappa shape index (κ1) is 12.0. The molecule has 94 valence electrons. The van der Waals surface area contributed by atoms with E-state index < -0.39 is 0 Å². The van der Waals surface area contributed by atoms with Crippen molar-refractivity contribution in [1.82, 2.24) is 9.97 Å². The van der Waals surface area contributed by atoms with E-state index in [0.717, 1.165) is 11.4 Å². The Morgan fingerprint density at radius 3 is 2.39 bits per heavy atom. The summed E-state index contributed by atoms with van der Waals surface area (Å²) in [5, 5.41) is 6.03. The summed E-state index contributed by atoms with van der Waals surface area (Å²) >= 11 is 0. The van der Waals surface area contributed by atoms with Gasteiger partial charge in [0.1, 0.15) is 17.8 Å². The molecule has 0 unspecified atom stereocenters. The van der Waals surface area contributed by atoms with E-state index in [1.54, 1.807) is 14.2 Å². The maximum absolute atomic E-state index is 5.92. The summed E-state index contributed by atoms with van der Waals surface area (Å²) in [5.74, 6) is 1.97. The van der Waals surface area contributed by atoms with E-state index in [9.17, 15) is 0 Å². The van der Waals surface area contributed by atoms with Gasteiger partial charge in [-0.2, -0.15) is 0 Å². The van der Waals surface area contributed by atoms with Crippen LogP contribution in [0.15, 0.2) is 30.6 Å². The second-order valence-electron chi connectivity index (χ2n) is 3.59. The second kappa shape index (κ2) is 5.22. The Balaban J connectivity index is 2.22. The number of anilines is 4. The molecule has 0 aliphatic rings. The molecule has 2 rings (SSSR count). The molecule has 0 spiro atoms. The van der Waals surface area contributed by atoms with E-state index in [2.05, 4.69) is 20.6 Å². The fraction of sp³-hybridized carbons (Fsp3) is 0.167. The largest absolute Gasteiger partial charge is 0.497 e. The molecule has 0 aliphatic carbocycles. The first-order valence-electron chi connectivity index (χ1n) is 5.44. The van der Waals surface area contributed by atoms with E-state index in [-0.39, 0.29) is 0 Å². The van der Waals surface area contributed by atoms with Crippen LogP contribution in [-0.4, -0.2) is 24.1 Å². The SMILES string of the molecule is CNc1ncnc(Nc2ccc(OC)cc2)c1N. The average molecular weight is 245 g/mol. The van der Waals surface area contributed by atoms with Gasteiger partial charge in [-0.3, -0.25) is 0 Å². The Labute approximate surface area is 105 Å². The number of aromatic nitrogens is 2. The molecule has 1 heterocycles. The van der Waals surface area contributed by atoms with Crippen LogP contribution in [0.2, 0.25) is 0 Å². The second-order valence-corrected chi connectivity index (χ2v) is 3.59. The van der Waals surface area contributed by atoms with Gasteiger partial charge < -0.3 is 21.1 Å². The molecule has 0 bridgehead atoms. The van der Waals surface area contributed by atoms with Crippen LogP contribution in [0.1, 0.15) is 0 Å². The summed E-state index contributed by atoms with van der Waals surface area (Å²) in [6.45, 7) is 0. The third-order valence-electron chi connectivity index (χ3n) is 2.47. The zero-order valence-electron chi connectivity index (χ0n) is 10.3. The van der Waals surface area contributed by atoms with Crippen molar-refractivity contribution in [3.05, 3.63) is 30.6 Å². The Hall–Kier alpha value is -2.50. The third-order valence-corrected chi connectivity index (χ3v) is 2.47. The number of rotatable bonds is 4. The maximum atomic E-state index is 5.92. The highest BCUT2D eigenvalue weighted by Crippen LogP contribution is 2.26. The van der Waals surface area contributed by atoms with Gasteiger partial charge in [-0.05, 0) is 24.3 Å². The van der Waals surface area contributed by atoms with Crippen LogP contribution in [0.25, 0.3) is 0 Å². The number of hydrogen-bond acceptors (Lipinski definition) is 6. The lowest BCUT2D eigenvalue weighted by atomic mass is 10.3. The van der Waals surface area contributed by atoms with Crippen molar-refractivity contribution in [2.75, 3.05) is 30.5 Å². The molecule has 0 amide bonds. The van der Waals surface area contributed by atoms with Gasteiger partial charge >= 0.3 is 0 Å². The van der Waals surface area contributed by atoms with Crippen molar-refractivity contribution in [3.8, 4) is 5.75 Å². The van der Waals surface area contributed by atoms with Gasteiger partial charge in [0.05, 0.1) is 7.11 Å². The summed E-state index contributed by atoms with van der Waals surface area (Å²) in [6, 6.07) is 7.50. The summed E-state index contributed by atoms with van der Waals surface area (Å²) in [7, 11) is 3.39. The predicted molar refractivity (Wildman–Crippen MR) is 72.3 cm³/mol. The van der Waals surface area contributed by atoms with Crippen LogP contribution in [0.5, 0.6) is 5.75 Å². The minimum Gasteiger partial charge on any atom is -0.497 e. The van der Waals surface area contributed by atoms with Gasteiger partial charge in [0.2, 0.25) is 0 Å². The molecule has 0 radical (unpaired) electrons. The number of nitrogens with two attached hydrogens (primary N) is 1. The van der Waals surface area contributed by atoms with Gasteiger partial charge in [-0.15, -0.1) is 0 Å². The van der Waals surface area contributed by atoms with Gasteiger partial charge in [-0.1, -0.05) is 0 Å². The van der Waals surface area contributed by atoms with Gasteiger partial charge in [-0.25, -0.2) is 9.97 Å². The molecule has 6 heteroatoms. The van der Waals surface area contributed by atoms with Crippen LogP contribution < -0.4 is 21.1 Å².